The van der Waals surface area contributed by atoms with Gasteiger partial charge in [-0.1, -0.05) is 36.8 Å². The van der Waals surface area contributed by atoms with Crippen molar-refractivity contribution in [1.82, 2.24) is 5.32 Å². The molecule has 1 rings (SSSR count). The van der Waals surface area contributed by atoms with Crippen LogP contribution in [-0.2, 0) is 16.3 Å². The average molecular weight is 283 g/mol. The van der Waals surface area contributed by atoms with Gasteiger partial charge in [-0.15, -0.1) is 0 Å². The van der Waals surface area contributed by atoms with Crippen molar-refractivity contribution in [3.05, 3.63) is 35.4 Å². The van der Waals surface area contributed by atoms with Crippen molar-refractivity contribution < 1.29 is 8.42 Å². The molecule has 0 radical (unpaired) electrons. The lowest BCUT2D eigenvalue weighted by molar-refractivity contribution is 0.482. The van der Waals surface area contributed by atoms with Gasteiger partial charge in [0, 0.05) is 12.3 Å². The zero-order valence-electron chi connectivity index (χ0n) is 12.3. The van der Waals surface area contributed by atoms with Crippen LogP contribution in [0, 0.1) is 6.92 Å². The van der Waals surface area contributed by atoms with E-state index in [0.29, 0.717) is 0 Å². The molecule has 4 heteroatoms. The fraction of sp³-hybridized carbons (Fsp3) is 0.600. The van der Waals surface area contributed by atoms with Crippen LogP contribution in [0.15, 0.2) is 24.3 Å². The molecule has 0 fully saturated rings. The van der Waals surface area contributed by atoms with Crippen LogP contribution in [0.25, 0.3) is 0 Å². The normalized spacial score (nSPS) is 15.2. The van der Waals surface area contributed by atoms with Crippen LogP contribution < -0.4 is 5.32 Å². The summed E-state index contributed by atoms with van der Waals surface area (Å²) in [6.07, 6.45) is 3.06. The molecule has 1 N–H and O–H groups in total. The standard InChI is InChI=1S/C15H25NO2S/c1-5-10-16-15(13(3)19(4,17)18)11-14-8-6-12(2)7-9-14/h6-9,13,15-16H,5,10-11H2,1-4H3. The van der Waals surface area contributed by atoms with Gasteiger partial charge in [0.2, 0.25) is 0 Å². The summed E-state index contributed by atoms with van der Waals surface area (Å²) in [7, 11) is -3.02. The second kappa shape index (κ2) is 7.06. The summed E-state index contributed by atoms with van der Waals surface area (Å²) in [5.74, 6) is 0. The van der Waals surface area contributed by atoms with Crippen molar-refractivity contribution >= 4 is 9.84 Å². The second-order valence-electron chi connectivity index (χ2n) is 5.28. The third-order valence-electron chi connectivity index (χ3n) is 3.47. The van der Waals surface area contributed by atoms with Gasteiger partial charge in [0.05, 0.1) is 5.25 Å². The highest BCUT2D eigenvalue weighted by atomic mass is 32.2. The van der Waals surface area contributed by atoms with E-state index >= 15 is 0 Å². The van der Waals surface area contributed by atoms with Crippen molar-refractivity contribution in [2.45, 2.75) is 44.9 Å². The molecule has 0 aliphatic rings. The number of sulfone groups is 1. The highest BCUT2D eigenvalue weighted by Gasteiger charge is 2.25. The predicted molar refractivity (Wildman–Crippen MR) is 81.3 cm³/mol. The van der Waals surface area contributed by atoms with E-state index in [0.717, 1.165) is 19.4 Å². The molecule has 0 heterocycles. The Kier molecular flexibility index (Phi) is 6.01. The zero-order valence-corrected chi connectivity index (χ0v) is 13.1. The van der Waals surface area contributed by atoms with Crippen molar-refractivity contribution in [3.63, 3.8) is 0 Å². The minimum atomic E-state index is -3.02. The van der Waals surface area contributed by atoms with Gasteiger partial charge in [0.25, 0.3) is 0 Å². The van der Waals surface area contributed by atoms with Crippen LogP contribution >= 0.6 is 0 Å². The van der Waals surface area contributed by atoms with E-state index in [-0.39, 0.29) is 11.3 Å². The Hall–Kier alpha value is -0.870. The Morgan fingerprint density at radius 2 is 1.79 bits per heavy atom. The molecule has 0 aromatic heterocycles. The molecular weight excluding hydrogens is 258 g/mol. The molecule has 0 saturated heterocycles. The lowest BCUT2D eigenvalue weighted by Gasteiger charge is -2.24. The topological polar surface area (TPSA) is 46.2 Å². The molecule has 3 nitrogen and oxygen atoms in total. The Balaban J connectivity index is 2.82. The largest absolute Gasteiger partial charge is 0.312 e. The van der Waals surface area contributed by atoms with E-state index in [1.54, 1.807) is 6.92 Å². The van der Waals surface area contributed by atoms with Gasteiger partial charge < -0.3 is 5.32 Å². The van der Waals surface area contributed by atoms with E-state index in [9.17, 15) is 8.42 Å². The Morgan fingerprint density at radius 3 is 2.26 bits per heavy atom. The van der Waals surface area contributed by atoms with Crippen LogP contribution in [0.2, 0.25) is 0 Å². The van der Waals surface area contributed by atoms with Crippen molar-refractivity contribution in [3.8, 4) is 0 Å². The third kappa shape index (κ3) is 5.33. The Morgan fingerprint density at radius 1 is 1.21 bits per heavy atom. The summed E-state index contributed by atoms with van der Waals surface area (Å²) >= 11 is 0. The van der Waals surface area contributed by atoms with E-state index in [2.05, 4.69) is 43.4 Å². The quantitative estimate of drug-likeness (QED) is 0.835. The number of nitrogens with one attached hydrogen (secondary N) is 1. The van der Waals surface area contributed by atoms with Crippen molar-refractivity contribution in [2.75, 3.05) is 12.8 Å². The van der Waals surface area contributed by atoms with E-state index in [1.165, 1.54) is 17.4 Å². The smallest absolute Gasteiger partial charge is 0.151 e. The molecule has 0 aliphatic heterocycles. The maximum absolute atomic E-state index is 11.7. The van der Waals surface area contributed by atoms with Crippen LogP contribution in [0.1, 0.15) is 31.4 Å². The SMILES string of the molecule is CCCNC(Cc1ccc(C)cc1)C(C)S(C)(=O)=O. The summed E-state index contributed by atoms with van der Waals surface area (Å²) in [5, 5.41) is 2.98. The molecule has 0 bridgehead atoms. The van der Waals surface area contributed by atoms with Crippen LogP contribution in [0.3, 0.4) is 0 Å². The van der Waals surface area contributed by atoms with E-state index in [4.69, 9.17) is 0 Å². The lowest BCUT2D eigenvalue weighted by atomic mass is 10.0. The highest BCUT2D eigenvalue weighted by molar-refractivity contribution is 7.91. The first-order valence-electron chi connectivity index (χ1n) is 6.82. The molecule has 0 amide bonds. The van der Waals surface area contributed by atoms with Gasteiger partial charge >= 0.3 is 0 Å². The van der Waals surface area contributed by atoms with Crippen molar-refractivity contribution in [1.29, 1.82) is 0 Å². The number of hydrogen-bond donors (Lipinski definition) is 1. The summed E-state index contributed by atoms with van der Waals surface area (Å²) in [6, 6.07) is 8.25. The molecule has 0 saturated carbocycles. The molecule has 2 atom stereocenters. The summed E-state index contributed by atoms with van der Waals surface area (Å²) < 4.78 is 23.5. The monoisotopic (exact) mass is 283 g/mol. The fourth-order valence-corrected chi connectivity index (χ4v) is 2.80. The zero-order chi connectivity index (χ0) is 14.5. The summed E-state index contributed by atoms with van der Waals surface area (Å²) in [6.45, 7) is 6.77. The van der Waals surface area contributed by atoms with E-state index < -0.39 is 9.84 Å². The number of aryl methyl sites for hydroxylation is 1. The van der Waals surface area contributed by atoms with Crippen molar-refractivity contribution in [2.24, 2.45) is 0 Å². The first-order valence-corrected chi connectivity index (χ1v) is 8.78. The summed E-state index contributed by atoms with van der Waals surface area (Å²) in [4.78, 5) is 0. The average Bonchev–Trinajstić information content (AvgIpc) is 2.35. The highest BCUT2D eigenvalue weighted by Crippen LogP contribution is 2.12. The van der Waals surface area contributed by atoms with Gasteiger partial charge in [-0.2, -0.15) is 0 Å². The van der Waals surface area contributed by atoms with Gasteiger partial charge in [0.1, 0.15) is 0 Å². The maximum Gasteiger partial charge on any atom is 0.151 e. The van der Waals surface area contributed by atoms with Gasteiger partial charge in [-0.3, -0.25) is 0 Å². The molecule has 108 valence electrons. The lowest BCUT2D eigenvalue weighted by Crippen LogP contribution is -2.44. The molecule has 2 unspecified atom stereocenters. The van der Waals surface area contributed by atoms with Crippen LogP contribution in [0.4, 0.5) is 0 Å². The first kappa shape index (κ1) is 16.2. The van der Waals surface area contributed by atoms with Gasteiger partial charge in [-0.25, -0.2) is 8.42 Å². The number of rotatable bonds is 7. The van der Waals surface area contributed by atoms with E-state index in [1.807, 2.05) is 0 Å². The molecule has 1 aromatic carbocycles. The molecule has 0 aliphatic carbocycles. The molecule has 19 heavy (non-hydrogen) atoms. The molecule has 0 spiro atoms. The number of hydrogen-bond acceptors (Lipinski definition) is 3. The van der Waals surface area contributed by atoms with Crippen LogP contribution in [-0.4, -0.2) is 32.5 Å². The van der Waals surface area contributed by atoms with Gasteiger partial charge in [-0.05, 0) is 38.8 Å². The fourth-order valence-electron chi connectivity index (χ4n) is 2.01. The predicted octanol–water partition coefficient (Wildman–Crippen LogP) is 2.34. The number of benzene rings is 1. The molecule has 1 aromatic rings. The Labute approximate surface area is 117 Å². The minimum absolute atomic E-state index is 0.0299. The maximum atomic E-state index is 11.7. The Bertz CT molecular complexity index is 479. The second-order valence-corrected chi connectivity index (χ2v) is 7.69. The van der Waals surface area contributed by atoms with Gasteiger partial charge in [0.15, 0.2) is 9.84 Å². The minimum Gasteiger partial charge on any atom is -0.312 e. The first-order chi connectivity index (χ1) is 8.84. The van der Waals surface area contributed by atoms with Crippen LogP contribution in [0.5, 0.6) is 0 Å². The summed E-state index contributed by atoms with van der Waals surface area (Å²) in [5.41, 5.74) is 2.40. The molecular formula is C15H25NO2S. The third-order valence-corrected chi connectivity index (χ3v) is 5.15.